The smallest absolute Gasteiger partial charge is 0.339 e. The number of ether oxygens (including phenoxy) is 1. The largest absolute Gasteiger partial charge is 0.491 e. The van der Waals surface area contributed by atoms with Crippen molar-refractivity contribution >= 4 is 46.1 Å². The van der Waals surface area contributed by atoms with E-state index in [-0.39, 0.29) is 5.78 Å². The van der Waals surface area contributed by atoms with E-state index in [1.165, 1.54) is 25.6 Å². The van der Waals surface area contributed by atoms with Crippen molar-refractivity contribution in [1.82, 2.24) is 34.7 Å². The predicted molar refractivity (Wildman–Crippen MR) is 196 cm³/mol. The topological polar surface area (TPSA) is 142 Å². The SMILES string of the molecule is CC(=O)Cc1ccc(Nc2ncnc3cc(OCCCN4CCCCC4)c(NC(=O)N/N=C/c4nccn4CC4CCN(C)CC4)cc23)cc1. The van der Waals surface area contributed by atoms with E-state index in [1.807, 2.05) is 42.6 Å². The second-order valence-corrected chi connectivity index (χ2v) is 13.4. The first-order valence-electron chi connectivity index (χ1n) is 17.7. The lowest BCUT2D eigenvalue weighted by Gasteiger charge is -2.29. The van der Waals surface area contributed by atoms with E-state index < -0.39 is 6.03 Å². The highest BCUT2D eigenvalue weighted by Gasteiger charge is 2.18. The molecule has 0 aliphatic carbocycles. The zero-order valence-corrected chi connectivity index (χ0v) is 29.1. The number of nitrogens with one attached hydrogen (secondary N) is 3. The van der Waals surface area contributed by atoms with Crippen molar-refractivity contribution in [1.29, 1.82) is 0 Å². The molecule has 4 heterocycles. The lowest BCUT2D eigenvalue weighted by molar-refractivity contribution is -0.116. The van der Waals surface area contributed by atoms with E-state index in [0.29, 0.717) is 52.9 Å². The van der Waals surface area contributed by atoms with Crippen LogP contribution in [-0.4, -0.2) is 93.7 Å². The number of hydrogen-bond donors (Lipinski definition) is 3. The summed E-state index contributed by atoms with van der Waals surface area (Å²) in [7, 11) is 2.16. The molecule has 2 amide bonds. The summed E-state index contributed by atoms with van der Waals surface area (Å²) in [6, 6.07) is 10.8. The van der Waals surface area contributed by atoms with Gasteiger partial charge in [0.1, 0.15) is 23.7 Å². The summed E-state index contributed by atoms with van der Waals surface area (Å²) >= 11 is 0. The van der Waals surface area contributed by atoms with Gasteiger partial charge in [-0.2, -0.15) is 5.10 Å². The minimum Gasteiger partial charge on any atom is -0.491 e. The maximum atomic E-state index is 13.2. The van der Waals surface area contributed by atoms with Crippen LogP contribution < -0.4 is 20.8 Å². The number of Topliss-reactive ketones (excluding diaryl/α,β-unsaturated/α-hetero) is 1. The average molecular weight is 681 g/mol. The van der Waals surface area contributed by atoms with Crippen LogP contribution in [0.4, 0.5) is 22.0 Å². The first-order valence-corrected chi connectivity index (χ1v) is 17.7. The molecule has 2 fully saturated rings. The normalized spacial score (nSPS) is 16.1. The Kier molecular flexibility index (Phi) is 12.0. The van der Waals surface area contributed by atoms with Crippen LogP contribution in [-0.2, 0) is 17.8 Å². The summed E-state index contributed by atoms with van der Waals surface area (Å²) < 4.78 is 8.35. The summed E-state index contributed by atoms with van der Waals surface area (Å²) in [5, 5.41) is 11.2. The number of hydrazone groups is 1. The lowest BCUT2D eigenvalue weighted by atomic mass is 9.97. The van der Waals surface area contributed by atoms with E-state index in [4.69, 9.17) is 4.74 Å². The Morgan fingerprint density at radius 2 is 1.82 bits per heavy atom. The van der Waals surface area contributed by atoms with E-state index in [9.17, 15) is 9.59 Å². The van der Waals surface area contributed by atoms with Crippen molar-refractivity contribution in [2.45, 2.75) is 58.4 Å². The highest BCUT2D eigenvalue weighted by Crippen LogP contribution is 2.33. The number of piperidine rings is 2. The first kappa shape index (κ1) is 35.0. The fourth-order valence-electron chi connectivity index (χ4n) is 6.61. The second-order valence-electron chi connectivity index (χ2n) is 13.4. The molecular formula is C37H48N10O3. The fraction of sp³-hybridized carbons (Fsp3) is 0.459. The number of nitrogens with zero attached hydrogens (tertiary/aromatic N) is 7. The standard InChI is InChI=1S/C37H48N10O3/c1-27(48)21-28-7-9-30(10-8-28)42-36-31-22-33(34(23-32(31)39-26-40-36)50-20-6-16-46-14-4-3-5-15-46)43-37(49)44-41-24-35-38-13-19-47(35)25-29-11-17-45(2)18-12-29/h7-10,13,19,22-24,26,29H,3-6,11-12,14-18,20-21,25H2,1-2H3,(H,39,40,42)(H2,43,44,49)/b41-24+. The quantitative estimate of drug-likeness (QED) is 0.0900. The Morgan fingerprint density at radius 3 is 2.60 bits per heavy atom. The summed E-state index contributed by atoms with van der Waals surface area (Å²) in [5.41, 5.74) is 5.49. The number of carbonyl (C=O) groups excluding carboxylic acids is 2. The van der Waals surface area contributed by atoms with Crippen LogP contribution in [0.1, 0.15) is 56.8 Å². The third kappa shape index (κ3) is 9.85. The Bertz CT molecular complexity index is 1760. The van der Waals surface area contributed by atoms with E-state index in [0.717, 1.165) is 69.8 Å². The predicted octanol–water partition coefficient (Wildman–Crippen LogP) is 5.45. The number of hydrogen-bond acceptors (Lipinski definition) is 10. The van der Waals surface area contributed by atoms with Gasteiger partial charge in [-0.05, 0) is 102 Å². The highest BCUT2D eigenvalue weighted by atomic mass is 16.5. The van der Waals surface area contributed by atoms with Crippen molar-refractivity contribution in [2.24, 2.45) is 11.0 Å². The van der Waals surface area contributed by atoms with Crippen molar-refractivity contribution in [2.75, 3.05) is 57.0 Å². The highest BCUT2D eigenvalue weighted by molar-refractivity contribution is 5.99. The van der Waals surface area contributed by atoms with Crippen molar-refractivity contribution in [3.05, 3.63) is 66.5 Å². The number of anilines is 3. The van der Waals surface area contributed by atoms with Gasteiger partial charge in [-0.25, -0.2) is 25.2 Å². The third-order valence-corrected chi connectivity index (χ3v) is 9.37. The summed E-state index contributed by atoms with van der Waals surface area (Å²) in [4.78, 5) is 43.0. The van der Waals surface area contributed by atoms with Crippen LogP contribution in [0.15, 0.2) is 60.2 Å². The van der Waals surface area contributed by atoms with Gasteiger partial charge in [-0.15, -0.1) is 0 Å². The molecule has 2 aromatic heterocycles. The molecule has 0 atom stereocenters. The van der Waals surface area contributed by atoms with Gasteiger partial charge < -0.3 is 29.7 Å². The minimum absolute atomic E-state index is 0.112. The molecule has 0 radical (unpaired) electrons. The molecule has 13 nitrogen and oxygen atoms in total. The van der Waals surface area contributed by atoms with E-state index >= 15 is 0 Å². The molecule has 2 aromatic carbocycles. The number of imidazole rings is 1. The molecule has 0 spiro atoms. The summed E-state index contributed by atoms with van der Waals surface area (Å²) in [6.07, 6.45) is 14.1. The summed E-state index contributed by atoms with van der Waals surface area (Å²) in [5.74, 6) is 2.48. The van der Waals surface area contributed by atoms with Gasteiger partial charge in [0.15, 0.2) is 5.82 Å². The number of aromatic nitrogens is 4. The number of rotatable bonds is 14. The number of urea groups is 1. The molecule has 6 rings (SSSR count). The van der Waals surface area contributed by atoms with Crippen LogP contribution in [0.2, 0.25) is 0 Å². The van der Waals surface area contributed by atoms with Gasteiger partial charge >= 0.3 is 6.03 Å². The molecule has 13 heteroatoms. The number of benzene rings is 2. The van der Waals surface area contributed by atoms with Crippen molar-refractivity contribution in [3.8, 4) is 5.75 Å². The number of likely N-dealkylation sites (tertiary alicyclic amines) is 2. The van der Waals surface area contributed by atoms with Gasteiger partial charge in [-0.1, -0.05) is 18.6 Å². The van der Waals surface area contributed by atoms with Gasteiger partial charge in [0.25, 0.3) is 0 Å². The Balaban J connectivity index is 1.15. The molecule has 0 unspecified atom stereocenters. The molecular weight excluding hydrogens is 632 g/mol. The van der Waals surface area contributed by atoms with Gasteiger partial charge in [0, 0.05) is 49.0 Å². The average Bonchev–Trinajstić information content (AvgIpc) is 3.55. The molecule has 2 saturated heterocycles. The molecule has 2 aliphatic rings. The molecule has 264 valence electrons. The van der Waals surface area contributed by atoms with Crippen LogP contribution >= 0.6 is 0 Å². The first-order chi connectivity index (χ1) is 24.4. The minimum atomic E-state index is -0.514. The number of amides is 2. The second kappa shape index (κ2) is 17.2. The zero-order chi connectivity index (χ0) is 34.7. The number of fused-ring (bicyclic) bond motifs is 1. The molecule has 4 aromatic rings. The van der Waals surface area contributed by atoms with E-state index in [2.05, 4.69) is 57.5 Å². The van der Waals surface area contributed by atoms with E-state index in [1.54, 1.807) is 19.3 Å². The Hall–Kier alpha value is -4.88. The Morgan fingerprint density at radius 1 is 1.02 bits per heavy atom. The van der Waals surface area contributed by atoms with Gasteiger partial charge in [0.05, 0.1) is 24.0 Å². The van der Waals surface area contributed by atoms with Crippen LogP contribution in [0.25, 0.3) is 10.9 Å². The lowest BCUT2D eigenvalue weighted by Crippen LogP contribution is -2.32. The van der Waals surface area contributed by atoms with Crippen LogP contribution in [0, 0.1) is 5.92 Å². The fourth-order valence-corrected chi connectivity index (χ4v) is 6.61. The van der Waals surface area contributed by atoms with Crippen LogP contribution in [0.5, 0.6) is 5.75 Å². The van der Waals surface area contributed by atoms with Gasteiger partial charge in [0.2, 0.25) is 0 Å². The maximum Gasteiger partial charge on any atom is 0.339 e. The third-order valence-electron chi connectivity index (χ3n) is 9.37. The molecule has 2 aliphatic heterocycles. The molecule has 0 saturated carbocycles. The van der Waals surface area contributed by atoms with Gasteiger partial charge in [-0.3, -0.25) is 4.79 Å². The molecule has 0 bridgehead atoms. The molecule has 50 heavy (non-hydrogen) atoms. The zero-order valence-electron chi connectivity index (χ0n) is 29.1. The van der Waals surface area contributed by atoms with Crippen LogP contribution in [0.3, 0.4) is 0 Å². The van der Waals surface area contributed by atoms with Crippen molar-refractivity contribution in [3.63, 3.8) is 0 Å². The maximum absolute atomic E-state index is 13.2. The number of ketones is 1. The number of carbonyl (C=O) groups is 2. The van der Waals surface area contributed by atoms with Crippen molar-refractivity contribution < 1.29 is 14.3 Å². The Labute approximate surface area is 293 Å². The summed E-state index contributed by atoms with van der Waals surface area (Å²) in [6.45, 7) is 8.39. The monoisotopic (exact) mass is 680 g/mol. The molecule has 3 N–H and O–H groups in total.